The van der Waals surface area contributed by atoms with E-state index in [1.807, 2.05) is 38.3 Å². The summed E-state index contributed by atoms with van der Waals surface area (Å²) in [6, 6.07) is 0. The Hall–Kier alpha value is -2.11. The van der Waals surface area contributed by atoms with Gasteiger partial charge in [-0.1, -0.05) is 0 Å². The van der Waals surface area contributed by atoms with Crippen LogP contribution in [0.3, 0.4) is 0 Å². The second-order valence-corrected chi connectivity index (χ2v) is 4.31. The van der Waals surface area contributed by atoms with Crippen LogP contribution < -0.4 is 10.2 Å². The number of H-pyrrole nitrogens is 1. The zero-order chi connectivity index (χ0) is 13.0. The summed E-state index contributed by atoms with van der Waals surface area (Å²) in [5.74, 6) is 2.55. The van der Waals surface area contributed by atoms with E-state index >= 15 is 0 Å². The van der Waals surface area contributed by atoms with Gasteiger partial charge in [0.25, 0.3) is 0 Å². The van der Waals surface area contributed by atoms with Crippen LogP contribution in [0, 0.1) is 6.92 Å². The van der Waals surface area contributed by atoms with Crippen molar-refractivity contribution in [1.29, 1.82) is 0 Å². The first-order chi connectivity index (χ1) is 8.66. The summed E-state index contributed by atoms with van der Waals surface area (Å²) in [6.45, 7) is 2.76. The van der Waals surface area contributed by atoms with Crippen LogP contribution in [0.1, 0.15) is 11.4 Å². The minimum Gasteiger partial charge on any atom is -0.362 e. The molecular formula is C12H18N6. The maximum Gasteiger partial charge on any atom is 0.224 e. The lowest BCUT2D eigenvalue weighted by molar-refractivity contribution is 0.907. The van der Waals surface area contributed by atoms with Crippen molar-refractivity contribution in [3.05, 3.63) is 30.0 Å². The summed E-state index contributed by atoms with van der Waals surface area (Å²) in [6.07, 6.45) is 6.23. The maximum absolute atomic E-state index is 4.46. The number of aryl methyl sites for hydroxylation is 1. The molecule has 0 radical (unpaired) electrons. The average molecular weight is 246 g/mol. The molecule has 0 amide bonds. The monoisotopic (exact) mass is 246 g/mol. The standard InChI is InChI=1S/C12H18N6/c1-9-8-16-12(17-11(9)18(2)3)15-5-4-10-13-6-7-14-10/h6-8H,4-5H2,1-3H3,(H,13,14)(H,15,16,17). The molecule has 2 N–H and O–H groups in total. The van der Waals surface area contributed by atoms with E-state index in [1.165, 1.54) is 0 Å². The third kappa shape index (κ3) is 2.97. The highest BCUT2D eigenvalue weighted by atomic mass is 15.2. The quantitative estimate of drug-likeness (QED) is 0.830. The Morgan fingerprint density at radius 3 is 2.83 bits per heavy atom. The molecule has 0 bridgehead atoms. The van der Waals surface area contributed by atoms with Gasteiger partial charge in [-0.05, 0) is 6.92 Å². The van der Waals surface area contributed by atoms with E-state index in [9.17, 15) is 0 Å². The van der Waals surface area contributed by atoms with Crippen molar-refractivity contribution >= 4 is 11.8 Å². The molecule has 0 saturated carbocycles. The largest absolute Gasteiger partial charge is 0.362 e. The van der Waals surface area contributed by atoms with Crippen molar-refractivity contribution in [2.45, 2.75) is 13.3 Å². The molecule has 18 heavy (non-hydrogen) atoms. The van der Waals surface area contributed by atoms with Crippen molar-refractivity contribution < 1.29 is 0 Å². The summed E-state index contributed by atoms with van der Waals surface area (Å²) >= 11 is 0. The number of rotatable bonds is 5. The van der Waals surface area contributed by atoms with Gasteiger partial charge in [0.2, 0.25) is 5.95 Å². The van der Waals surface area contributed by atoms with E-state index in [0.29, 0.717) is 5.95 Å². The van der Waals surface area contributed by atoms with Crippen LogP contribution in [0.4, 0.5) is 11.8 Å². The van der Waals surface area contributed by atoms with Crippen LogP contribution in [-0.2, 0) is 6.42 Å². The van der Waals surface area contributed by atoms with Gasteiger partial charge in [-0.25, -0.2) is 9.97 Å². The van der Waals surface area contributed by atoms with Crippen LogP contribution in [0.5, 0.6) is 0 Å². The van der Waals surface area contributed by atoms with Gasteiger partial charge >= 0.3 is 0 Å². The number of nitrogens with one attached hydrogen (secondary N) is 2. The highest BCUT2D eigenvalue weighted by Gasteiger charge is 2.05. The van der Waals surface area contributed by atoms with E-state index in [0.717, 1.165) is 30.2 Å². The van der Waals surface area contributed by atoms with Gasteiger partial charge in [0, 0.05) is 51.2 Å². The lowest BCUT2D eigenvalue weighted by Gasteiger charge is -2.15. The van der Waals surface area contributed by atoms with E-state index in [1.54, 1.807) is 6.20 Å². The summed E-state index contributed by atoms with van der Waals surface area (Å²) < 4.78 is 0. The van der Waals surface area contributed by atoms with Crippen LogP contribution in [-0.4, -0.2) is 40.6 Å². The van der Waals surface area contributed by atoms with Crippen molar-refractivity contribution in [3.8, 4) is 0 Å². The normalized spacial score (nSPS) is 10.4. The van der Waals surface area contributed by atoms with E-state index < -0.39 is 0 Å². The van der Waals surface area contributed by atoms with Crippen LogP contribution in [0.2, 0.25) is 0 Å². The Labute approximate surface area is 106 Å². The minimum atomic E-state index is 0.649. The van der Waals surface area contributed by atoms with Gasteiger partial charge < -0.3 is 15.2 Å². The molecule has 96 valence electrons. The SMILES string of the molecule is Cc1cnc(NCCc2ncc[nH]2)nc1N(C)C. The van der Waals surface area contributed by atoms with Crippen LogP contribution in [0.15, 0.2) is 18.6 Å². The smallest absolute Gasteiger partial charge is 0.224 e. The summed E-state index contributed by atoms with van der Waals surface area (Å²) in [4.78, 5) is 17.9. The minimum absolute atomic E-state index is 0.649. The first-order valence-electron chi connectivity index (χ1n) is 5.90. The molecule has 0 saturated heterocycles. The highest BCUT2D eigenvalue weighted by Crippen LogP contribution is 2.14. The Kier molecular flexibility index (Phi) is 3.76. The second kappa shape index (κ2) is 5.48. The van der Waals surface area contributed by atoms with Crippen molar-refractivity contribution in [1.82, 2.24) is 19.9 Å². The molecule has 0 aliphatic carbocycles. The Morgan fingerprint density at radius 2 is 2.17 bits per heavy atom. The number of hydrogen-bond acceptors (Lipinski definition) is 5. The lowest BCUT2D eigenvalue weighted by atomic mass is 10.3. The van der Waals surface area contributed by atoms with Crippen LogP contribution in [0.25, 0.3) is 0 Å². The van der Waals surface area contributed by atoms with Crippen molar-refractivity contribution in [3.63, 3.8) is 0 Å². The van der Waals surface area contributed by atoms with Crippen molar-refractivity contribution in [2.75, 3.05) is 30.9 Å². The number of imidazole rings is 1. The number of hydrogen-bond donors (Lipinski definition) is 2. The van der Waals surface area contributed by atoms with E-state index in [4.69, 9.17) is 0 Å². The predicted octanol–water partition coefficient (Wildman–Crippen LogP) is 1.23. The highest BCUT2D eigenvalue weighted by molar-refractivity contribution is 5.47. The average Bonchev–Trinajstić information content (AvgIpc) is 2.84. The maximum atomic E-state index is 4.46. The van der Waals surface area contributed by atoms with Gasteiger partial charge in [0.1, 0.15) is 11.6 Å². The fraction of sp³-hybridized carbons (Fsp3) is 0.417. The molecule has 6 heteroatoms. The number of nitrogens with zero attached hydrogens (tertiary/aromatic N) is 4. The predicted molar refractivity (Wildman–Crippen MR) is 71.9 cm³/mol. The fourth-order valence-electron chi connectivity index (χ4n) is 1.70. The van der Waals surface area contributed by atoms with Crippen molar-refractivity contribution in [2.24, 2.45) is 0 Å². The molecule has 2 aromatic heterocycles. The molecule has 6 nitrogen and oxygen atoms in total. The summed E-state index contributed by atoms with van der Waals surface area (Å²) in [5.41, 5.74) is 1.07. The van der Waals surface area contributed by atoms with Gasteiger partial charge in [0.05, 0.1) is 0 Å². The summed E-state index contributed by atoms with van der Waals surface area (Å²) in [7, 11) is 3.95. The number of aromatic nitrogens is 4. The zero-order valence-corrected chi connectivity index (χ0v) is 10.9. The molecule has 0 aliphatic rings. The number of aromatic amines is 1. The molecule has 0 spiro atoms. The molecule has 0 aliphatic heterocycles. The third-order valence-corrected chi connectivity index (χ3v) is 2.57. The molecule has 0 fully saturated rings. The molecule has 2 rings (SSSR count). The van der Waals surface area contributed by atoms with E-state index in [2.05, 4.69) is 25.3 Å². The Morgan fingerprint density at radius 1 is 1.33 bits per heavy atom. The molecule has 0 atom stereocenters. The fourth-order valence-corrected chi connectivity index (χ4v) is 1.70. The molecular weight excluding hydrogens is 228 g/mol. The first kappa shape index (κ1) is 12.3. The van der Waals surface area contributed by atoms with E-state index in [-0.39, 0.29) is 0 Å². The van der Waals surface area contributed by atoms with Gasteiger partial charge in [-0.3, -0.25) is 0 Å². The van der Waals surface area contributed by atoms with Gasteiger partial charge in [-0.2, -0.15) is 4.98 Å². The summed E-state index contributed by atoms with van der Waals surface area (Å²) in [5, 5.41) is 3.20. The Balaban J connectivity index is 1.95. The lowest BCUT2D eigenvalue weighted by Crippen LogP contribution is -2.15. The molecule has 2 heterocycles. The topological polar surface area (TPSA) is 69.7 Å². The number of anilines is 2. The van der Waals surface area contributed by atoms with Gasteiger partial charge in [-0.15, -0.1) is 0 Å². The second-order valence-electron chi connectivity index (χ2n) is 4.31. The molecule has 0 aromatic carbocycles. The zero-order valence-electron chi connectivity index (χ0n) is 10.9. The molecule has 0 unspecified atom stereocenters. The van der Waals surface area contributed by atoms with Gasteiger partial charge in [0.15, 0.2) is 0 Å². The first-order valence-corrected chi connectivity index (χ1v) is 5.90. The third-order valence-electron chi connectivity index (χ3n) is 2.57. The van der Waals surface area contributed by atoms with Crippen LogP contribution >= 0.6 is 0 Å². The molecule has 2 aromatic rings. The Bertz CT molecular complexity index is 491.